The van der Waals surface area contributed by atoms with Gasteiger partial charge in [0.2, 0.25) is 5.82 Å². The van der Waals surface area contributed by atoms with E-state index in [2.05, 4.69) is 79.8 Å². The van der Waals surface area contributed by atoms with Crippen molar-refractivity contribution < 1.29 is 37.1 Å². The van der Waals surface area contributed by atoms with E-state index in [0.717, 1.165) is 63.2 Å². The van der Waals surface area contributed by atoms with Crippen LogP contribution >= 0.6 is 0 Å². The van der Waals surface area contributed by atoms with Gasteiger partial charge in [-0.15, -0.1) is 0 Å². The van der Waals surface area contributed by atoms with Crippen molar-refractivity contribution in [1.29, 1.82) is 0 Å². The minimum Gasteiger partial charge on any atom is -0.475 e. The minimum absolute atomic E-state index is 0.000855. The second-order valence-corrected chi connectivity index (χ2v) is 22.6. The molecule has 2 aliphatic heterocycles. The van der Waals surface area contributed by atoms with Gasteiger partial charge < -0.3 is 29.8 Å². The molecular weight excluding hydrogens is 904 g/mol. The van der Waals surface area contributed by atoms with Gasteiger partial charge in [-0.3, -0.25) is 19.8 Å². The van der Waals surface area contributed by atoms with Crippen molar-refractivity contribution in [3.05, 3.63) is 99.6 Å². The average Bonchev–Trinajstić information content (AvgIpc) is 3.93. The number of H-pyrrole nitrogens is 1. The Balaban J connectivity index is 0.934. The van der Waals surface area contributed by atoms with Gasteiger partial charge in [-0.2, -0.15) is 4.98 Å². The number of nitro groups is 1. The van der Waals surface area contributed by atoms with Crippen molar-refractivity contribution in [2.24, 2.45) is 11.3 Å². The fourth-order valence-electron chi connectivity index (χ4n) is 11.1. The van der Waals surface area contributed by atoms with E-state index in [1.165, 1.54) is 42.5 Å². The Bertz CT molecular complexity index is 2840. The maximum Gasteiger partial charge on any atom is 0.312 e. The summed E-state index contributed by atoms with van der Waals surface area (Å²) in [7, 11) is -4.72. The van der Waals surface area contributed by atoms with Crippen LogP contribution < -0.4 is 24.4 Å². The maximum absolute atomic E-state index is 14.9. The number of hydrogen-bond acceptors (Lipinski definition) is 13. The number of halogens is 1. The number of rotatable bonds is 14. The lowest BCUT2D eigenvalue weighted by Gasteiger charge is -2.57. The number of nitrogens with zero attached hydrogens (tertiary/aromatic N) is 5. The number of piperidine rings is 1. The van der Waals surface area contributed by atoms with Gasteiger partial charge in [0, 0.05) is 68.8 Å². The highest BCUT2D eigenvalue weighted by atomic mass is 32.2. The fraction of sp³-hybridized carbons (Fsp3) is 0.510. The number of sulfonamides is 1. The van der Waals surface area contributed by atoms with E-state index in [1.807, 2.05) is 0 Å². The second kappa shape index (κ2) is 18.8. The lowest BCUT2D eigenvalue weighted by atomic mass is 9.70. The van der Waals surface area contributed by atoms with Crippen LogP contribution in [-0.4, -0.2) is 95.2 Å². The molecule has 4 N–H and O–H groups in total. The molecule has 0 radical (unpaired) electrons. The molecule has 4 fully saturated rings. The number of aliphatic hydroxyl groups is 1. The average molecular weight is 967 g/mol. The first-order valence-electron chi connectivity index (χ1n) is 24.2. The van der Waals surface area contributed by atoms with E-state index in [4.69, 9.17) is 9.47 Å². The number of carbonyl (C=O) groups excluding carboxylic acids is 1. The molecule has 2 atom stereocenters. The number of nitrogens with one attached hydrogen (secondary N) is 3. The van der Waals surface area contributed by atoms with Crippen molar-refractivity contribution in [1.82, 2.24) is 24.6 Å². The van der Waals surface area contributed by atoms with E-state index in [0.29, 0.717) is 44.2 Å². The molecule has 0 unspecified atom stereocenters. The van der Waals surface area contributed by atoms with Gasteiger partial charge in [0.05, 0.1) is 34.3 Å². The molecule has 368 valence electrons. The second-order valence-electron chi connectivity index (χ2n) is 20.9. The molecule has 1 spiro atoms. The highest BCUT2D eigenvalue weighted by molar-refractivity contribution is 7.90. The van der Waals surface area contributed by atoms with Crippen LogP contribution in [0.2, 0.25) is 0 Å². The Morgan fingerprint density at radius 1 is 1.03 bits per heavy atom. The highest BCUT2D eigenvalue weighted by Gasteiger charge is 2.49. The molecule has 5 aromatic rings. The number of ether oxygens (including phenoxy) is 2. The van der Waals surface area contributed by atoms with Crippen LogP contribution in [0.1, 0.15) is 120 Å². The maximum atomic E-state index is 14.9. The lowest BCUT2D eigenvalue weighted by molar-refractivity contribution is -0.384. The zero-order valence-corrected chi connectivity index (χ0v) is 40.8. The van der Waals surface area contributed by atoms with E-state index in [1.54, 1.807) is 26.0 Å². The van der Waals surface area contributed by atoms with Crippen LogP contribution in [0.3, 0.4) is 0 Å². The number of benzene rings is 2. The Morgan fingerprint density at radius 3 is 2.48 bits per heavy atom. The predicted octanol–water partition coefficient (Wildman–Crippen LogP) is 9.20. The first kappa shape index (κ1) is 48.2. The largest absolute Gasteiger partial charge is 0.475 e. The van der Waals surface area contributed by atoms with Crippen LogP contribution in [0.4, 0.5) is 21.6 Å². The molecule has 16 nitrogen and oxygen atoms in total. The van der Waals surface area contributed by atoms with Crippen LogP contribution in [0.25, 0.3) is 11.0 Å². The summed E-state index contributed by atoms with van der Waals surface area (Å²) in [5, 5.41) is 25.6. The molecule has 18 heteroatoms. The van der Waals surface area contributed by atoms with Gasteiger partial charge in [0.25, 0.3) is 21.8 Å². The SMILES string of the molecule is CCOc1nc2[nH]cc(F)c2cc1Oc1cc(N2CCC3(CC2)CN([C@@H]2CCC[C@@H]2c2ccccc2C(C)(C)C)C3)ccc1C(=O)NS(=O)(=O)c1cnc(NC[C@H]2CC[C@](C)(O)CC2)c([N+](=O)[O-])c1. The van der Waals surface area contributed by atoms with E-state index in [9.17, 15) is 32.8 Å². The zero-order valence-electron chi connectivity index (χ0n) is 40.0. The molecule has 2 aromatic carbocycles. The number of anilines is 2. The smallest absolute Gasteiger partial charge is 0.312 e. The van der Waals surface area contributed by atoms with E-state index < -0.39 is 42.9 Å². The van der Waals surface area contributed by atoms with E-state index in [-0.39, 0.29) is 63.1 Å². The van der Waals surface area contributed by atoms with Gasteiger partial charge in [-0.25, -0.2) is 22.5 Å². The molecule has 1 amide bonds. The minimum atomic E-state index is -4.72. The number of hydrogen-bond donors (Lipinski definition) is 4. The van der Waals surface area contributed by atoms with Crippen LogP contribution in [0.5, 0.6) is 17.4 Å². The summed E-state index contributed by atoms with van der Waals surface area (Å²) in [6, 6.07) is 16.6. The van der Waals surface area contributed by atoms with Crippen molar-refractivity contribution in [2.75, 3.05) is 49.5 Å². The molecule has 2 aliphatic carbocycles. The molecule has 2 saturated carbocycles. The van der Waals surface area contributed by atoms with Gasteiger partial charge >= 0.3 is 5.69 Å². The molecule has 3 aromatic heterocycles. The van der Waals surface area contributed by atoms with Gasteiger partial charge in [0.1, 0.15) is 22.1 Å². The molecular formula is C51H63FN8O8S. The van der Waals surface area contributed by atoms with Gasteiger partial charge in [-0.05, 0) is 111 Å². The van der Waals surface area contributed by atoms with Crippen molar-refractivity contribution in [3.8, 4) is 17.4 Å². The Kier molecular flexibility index (Phi) is 13.1. The molecule has 5 heterocycles. The molecule has 4 aliphatic rings. The Morgan fingerprint density at radius 2 is 1.77 bits per heavy atom. The summed E-state index contributed by atoms with van der Waals surface area (Å²) >= 11 is 0. The number of pyridine rings is 2. The topological polar surface area (TPSA) is 205 Å². The standard InChI is InChI=1S/C51H63FN8O8S/c1-6-67-48-44(26-38-40(52)29-55-45(38)56-48)68-43-24-33(58-22-20-51(21-23-58)30-59(31-51)41-13-9-11-36(41)35-10-7-8-12-39(35)49(2,3)4)14-15-37(43)47(61)57-69(65,66)34-25-42(60(63)64)46(54-28-34)53-27-32-16-18-50(5,62)19-17-32/h7-8,10,12,14-15,24-26,28-29,32,36,41,62H,6,9,11,13,16-23,27,30-31H2,1-5H3,(H,53,54)(H,55,56)(H,57,61)/t32-,36-,41-,50-/m1/s1. The van der Waals surface area contributed by atoms with E-state index >= 15 is 0 Å². The lowest BCUT2D eigenvalue weighted by Crippen LogP contribution is -2.63. The third-order valence-electron chi connectivity index (χ3n) is 15.0. The summed E-state index contributed by atoms with van der Waals surface area (Å²) in [4.78, 5) is 41.2. The molecule has 9 rings (SSSR count). The zero-order chi connectivity index (χ0) is 48.9. The Labute approximate surface area is 402 Å². The highest BCUT2D eigenvalue weighted by Crippen LogP contribution is 2.49. The van der Waals surface area contributed by atoms with Crippen molar-refractivity contribution in [2.45, 2.75) is 120 Å². The number of aromatic nitrogens is 3. The summed E-state index contributed by atoms with van der Waals surface area (Å²) in [6.07, 6.45) is 10.3. The summed E-state index contributed by atoms with van der Waals surface area (Å²) in [5.41, 5.74) is 2.67. The van der Waals surface area contributed by atoms with Crippen LogP contribution in [0.15, 0.2) is 71.9 Å². The quantitative estimate of drug-likeness (QED) is 0.0606. The molecule has 0 bridgehead atoms. The van der Waals surface area contributed by atoms with Crippen LogP contribution in [-0.2, 0) is 15.4 Å². The summed E-state index contributed by atoms with van der Waals surface area (Å²) in [6.45, 7) is 14.6. The number of fused-ring (bicyclic) bond motifs is 1. The predicted molar refractivity (Wildman–Crippen MR) is 261 cm³/mol. The van der Waals surface area contributed by atoms with Crippen LogP contribution in [0, 0.1) is 27.3 Å². The number of carbonyl (C=O) groups is 1. The third-order valence-corrected chi connectivity index (χ3v) is 16.3. The summed E-state index contributed by atoms with van der Waals surface area (Å²) in [5.74, 6) is -1.11. The number of amides is 1. The summed E-state index contributed by atoms with van der Waals surface area (Å²) < 4.78 is 56.8. The first-order chi connectivity index (χ1) is 32.8. The normalized spacial score (nSPS) is 22.9. The van der Waals surface area contributed by atoms with Gasteiger partial charge in [0.15, 0.2) is 5.75 Å². The van der Waals surface area contributed by atoms with Crippen molar-refractivity contribution >= 4 is 44.2 Å². The van der Waals surface area contributed by atoms with Crippen molar-refractivity contribution in [3.63, 3.8) is 0 Å². The third kappa shape index (κ3) is 10.1. The molecule has 69 heavy (non-hydrogen) atoms. The number of aromatic amines is 1. The fourth-order valence-corrected chi connectivity index (χ4v) is 12.0. The number of likely N-dealkylation sites (tertiary alicyclic amines) is 1. The monoisotopic (exact) mass is 966 g/mol. The molecule has 2 saturated heterocycles. The first-order valence-corrected chi connectivity index (χ1v) is 25.7. The Hall–Kier alpha value is -5.85. The van der Waals surface area contributed by atoms with Gasteiger partial charge in [-0.1, -0.05) is 51.5 Å².